The van der Waals surface area contributed by atoms with Gasteiger partial charge >= 0.3 is 11.9 Å². The van der Waals surface area contributed by atoms with Crippen molar-refractivity contribution in [2.24, 2.45) is 0 Å². The van der Waals surface area contributed by atoms with Crippen molar-refractivity contribution in [2.45, 2.75) is 91.1 Å². The second-order valence-electron chi connectivity index (χ2n) is 11.0. The summed E-state index contributed by atoms with van der Waals surface area (Å²) in [6.45, 7) is 4.08. The number of halogens is 6. The van der Waals surface area contributed by atoms with Crippen LogP contribution in [0.4, 0.5) is 11.4 Å². The van der Waals surface area contributed by atoms with Crippen LogP contribution in [-0.2, 0) is 32.3 Å². The minimum atomic E-state index is -1.12. The van der Waals surface area contributed by atoms with Gasteiger partial charge in [0.15, 0.2) is 0 Å². The molecule has 0 aromatic heterocycles. The number of carbonyl (C=O) groups excluding carboxylic acids is 4. The van der Waals surface area contributed by atoms with E-state index in [1.165, 1.54) is 0 Å². The smallest absolute Gasteiger partial charge is 0.337 e. The van der Waals surface area contributed by atoms with E-state index < -0.39 is 11.9 Å². The molecule has 0 saturated heterocycles. The Balaban J connectivity index is 2.00. The van der Waals surface area contributed by atoms with Gasteiger partial charge in [-0.1, -0.05) is 26.7 Å². The summed E-state index contributed by atoms with van der Waals surface area (Å²) in [4.78, 5) is 74.2. The fourth-order valence-corrected chi connectivity index (χ4v) is 13.2. The number of hydrogen-bond acceptors (Lipinski definition) is 6. The first kappa shape index (κ1) is 45.8. The first-order valence-electron chi connectivity index (χ1n) is 15.5. The number of nitrogens with one attached hydrogen (secondary N) is 4. The predicted molar refractivity (Wildman–Crippen MR) is 242 cm³/mol. The van der Waals surface area contributed by atoms with E-state index >= 15 is 0 Å². The lowest BCUT2D eigenvalue weighted by atomic mass is 10.1. The molecule has 0 aliphatic carbocycles. The van der Waals surface area contributed by atoms with E-state index in [0.29, 0.717) is 95.3 Å². The molecule has 2 aromatic carbocycles. The molecule has 50 heavy (non-hydrogen) atoms. The first-order chi connectivity index (χ1) is 23.6. The molecular weight excluding hydrogens is 1330 g/mol. The lowest BCUT2D eigenvalue weighted by molar-refractivity contribution is -0.122. The molecule has 0 aliphatic rings. The van der Waals surface area contributed by atoms with E-state index in [0.717, 1.165) is 0 Å². The van der Waals surface area contributed by atoms with Gasteiger partial charge in [-0.2, -0.15) is 0 Å². The molecule has 4 amide bonds. The van der Waals surface area contributed by atoms with Crippen molar-refractivity contribution in [3.63, 3.8) is 0 Å². The van der Waals surface area contributed by atoms with E-state index in [2.05, 4.69) is 66.4 Å². The average molecular weight is 1370 g/mol. The number of carboxylic acids is 2. The molecule has 0 heterocycles. The lowest BCUT2D eigenvalue weighted by Gasteiger charge is -2.19. The molecule has 0 unspecified atom stereocenters. The number of anilines is 2. The maximum absolute atomic E-state index is 12.9. The number of carbonyl (C=O) groups is 6. The minimum absolute atomic E-state index is 0.0729. The molecule has 0 spiro atoms. The van der Waals surface area contributed by atoms with Crippen molar-refractivity contribution in [2.75, 3.05) is 10.6 Å². The van der Waals surface area contributed by atoms with Gasteiger partial charge in [-0.25, -0.2) is 9.59 Å². The highest BCUT2D eigenvalue weighted by Gasteiger charge is 2.27. The highest BCUT2D eigenvalue weighted by atomic mass is 127. The van der Waals surface area contributed by atoms with E-state index in [1.54, 1.807) is 0 Å². The summed E-state index contributed by atoms with van der Waals surface area (Å²) in [5, 5.41) is 31.2. The third-order valence-electron chi connectivity index (χ3n) is 7.21. The number of rotatable bonds is 19. The Kier molecular flexibility index (Phi) is 20.8. The van der Waals surface area contributed by atoms with Crippen molar-refractivity contribution < 1.29 is 39.0 Å². The molecule has 0 radical (unpaired) electrons. The van der Waals surface area contributed by atoms with Gasteiger partial charge in [-0.3, -0.25) is 19.2 Å². The van der Waals surface area contributed by atoms with Crippen molar-refractivity contribution in [3.05, 3.63) is 43.7 Å². The summed E-state index contributed by atoms with van der Waals surface area (Å²) in [5.41, 5.74) is 2.22. The standard InChI is InChI=1S/C32H36I6N4O8/c1-3-9-17(43)39-13-15-23(33)21(31(47)48)27(37)29(25(15)35)41-19(45)11-7-5-6-8-12-20(46)42-30-26(36)16(14-40-18(44)10-4-2)24(34)22(28(30)38)32(49)50/h3-14H2,1-2H3,(H,39,43)(H,40,44)(H,41,45)(H,42,46)(H,47,48)(H,49,50). The third-order valence-corrected chi connectivity index (χ3v) is 14.1. The van der Waals surface area contributed by atoms with Crippen LogP contribution in [0.1, 0.15) is 110 Å². The van der Waals surface area contributed by atoms with Gasteiger partial charge in [0.05, 0.1) is 29.6 Å². The fraction of sp³-hybridized carbons (Fsp3) is 0.438. The van der Waals surface area contributed by atoms with Crippen LogP contribution in [-0.4, -0.2) is 45.8 Å². The number of benzene rings is 2. The molecule has 2 rings (SSSR count). The van der Waals surface area contributed by atoms with Crippen LogP contribution in [0.15, 0.2) is 0 Å². The summed E-state index contributed by atoms with van der Waals surface area (Å²) in [6.07, 6.45) is 4.96. The van der Waals surface area contributed by atoms with Crippen LogP contribution in [0.5, 0.6) is 0 Å². The van der Waals surface area contributed by atoms with E-state index in [4.69, 9.17) is 0 Å². The fourth-order valence-electron chi connectivity index (χ4n) is 4.67. The van der Waals surface area contributed by atoms with Crippen LogP contribution in [0.3, 0.4) is 0 Å². The second kappa shape index (κ2) is 22.8. The van der Waals surface area contributed by atoms with Crippen LogP contribution < -0.4 is 21.3 Å². The Bertz CT molecular complexity index is 1530. The average Bonchev–Trinajstić information content (AvgIpc) is 3.02. The van der Waals surface area contributed by atoms with Crippen LogP contribution >= 0.6 is 136 Å². The molecule has 274 valence electrons. The quantitative estimate of drug-likeness (QED) is 0.0597. The molecule has 2 aromatic rings. The van der Waals surface area contributed by atoms with Gasteiger partial charge in [-0.15, -0.1) is 0 Å². The van der Waals surface area contributed by atoms with Gasteiger partial charge in [0.25, 0.3) is 0 Å². The Hall–Kier alpha value is -0.360. The molecule has 12 nitrogen and oxygen atoms in total. The summed E-state index contributed by atoms with van der Waals surface area (Å²) in [6, 6.07) is 0. The highest BCUT2D eigenvalue weighted by Crippen LogP contribution is 2.37. The molecule has 0 atom stereocenters. The number of carboxylic acid groups (broad SMARTS) is 2. The van der Waals surface area contributed by atoms with Gasteiger partial charge in [0, 0.05) is 64.2 Å². The summed E-state index contributed by atoms with van der Waals surface area (Å²) >= 11 is 11.9. The molecule has 0 bridgehead atoms. The molecular formula is C32H36I6N4O8. The van der Waals surface area contributed by atoms with E-state index in [1.807, 2.05) is 104 Å². The molecule has 0 fully saturated rings. The SMILES string of the molecule is CCCC(=O)NCc1c(I)c(NC(=O)CCCCCCC(=O)Nc2c(I)c(CNC(=O)CCC)c(I)c(C(=O)O)c2I)c(I)c(C(=O)O)c1I. The number of amides is 4. The zero-order chi connectivity index (χ0) is 37.7. The zero-order valence-corrected chi connectivity index (χ0v) is 40.0. The Labute approximate surface area is 372 Å². The number of unbranched alkanes of at least 4 members (excludes halogenated alkanes) is 3. The largest absolute Gasteiger partial charge is 0.478 e. The highest BCUT2D eigenvalue weighted by molar-refractivity contribution is 14.1. The van der Waals surface area contributed by atoms with E-state index in [-0.39, 0.29) is 60.7 Å². The molecule has 0 aliphatic heterocycles. The van der Waals surface area contributed by atoms with Crippen LogP contribution in [0, 0.1) is 21.4 Å². The number of hydrogen-bond donors (Lipinski definition) is 6. The van der Waals surface area contributed by atoms with Crippen LogP contribution in [0.2, 0.25) is 0 Å². The van der Waals surface area contributed by atoms with Crippen molar-refractivity contribution in [3.8, 4) is 0 Å². The minimum Gasteiger partial charge on any atom is -0.478 e. The normalized spacial score (nSPS) is 10.8. The zero-order valence-electron chi connectivity index (χ0n) is 27.1. The van der Waals surface area contributed by atoms with Crippen molar-refractivity contribution in [1.82, 2.24) is 10.6 Å². The molecule has 18 heteroatoms. The van der Waals surface area contributed by atoms with Gasteiger partial charge in [0.1, 0.15) is 0 Å². The number of aromatic carboxylic acids is 2. The molecule has 6 N–H and O–H groups in total. The maximum Gasteiger partial charge on any atom is 0.337 e. The van der Waals surface area contributed by atoms with Gasteiger partial charge in [0.2, 0.25) is 23.6 Å². The predicted octanol–water partition coefficient (Wildman–Crippen LogP) is 8.46. The summed E-state index contributed by atoms with van der Waals surface area (Å²) in [7, 11) is 0. The van der Waals surface area contributed by atoms with Crippen LogP contribution in [0.25, 0.3) is 0 Å². The first-order valence-corrected chi connectivity index (χ1v) is 22.0. The van der Waals surface area contributed by atoms with Crippen molar-refractivity contribution >= 4 is 182 Å². The third kappa shape index (κ3) is 13.2. The summed E-state index contributed by atoms with van der Waals surface area (Å²) in [5.74, 6) is -3.06. The monoisotopic (exact) mass is 1370 g/mol. The Morgan fingerprint density at radius 3 is 1.12 bits per heavy atom. The van der Waals surface area contributed by atoms with Crippen molar-refractivity contribution in [1.29, 1.82) is 0 Å². The lowest BCUT2D eigenvalue weighted by Crippen LogP contribution is -2.25. The second-order valence-corrected chi connectivity index (χ2v) is 17.5. The van der Waals surface area contributed by atoms with Gasteiger partial charge in [-0.05, 0) is 161 Å². The molecule has 0 saturated carbocycles. The van der Waals surface area contributed by atoms with Gasteiger partial charge < -0.3 is 31.5 Å². The van der Waals surface area contributed by atoms with E-state index in [9.17, 15) is 39.0 Å². The Morgan fingerprint density at radius 2 is 0.820 bits per heavy atom. The topological polar surface area (TPSA) is 191 Å². The Morgan fingerprint density at radius 1 is 0.480 bits per heavy atom. The summed E-state index contributed by atoms with van der Waals surface area (Å²) < 4.78 is 3.17. The maximum atomic E-state index is 12.9.